The second kappa shape index (κ2) is 7.70. The van der Waals surface area contributed by atoms with Crippen LogP contribution in [0.5, 0.6) is 11.6 Å². The van der Waals surface area contributed by atoms with E-state index in [9.17, 15) is 9.90 Å². The average molecular weight is 416 g/mol. The summed E-state index contributed by atoms with van der Waals surface area (Å²) in [6.45, 7) is 3.78. The number of azo groups is 1. The van der Waals surface area contributed by atoms with Crippen molar-refractivity contribution < 1.29 is 14.6 Å². The highest BCUT2D eigenvalue weighted by atomic mass is 79.9. The molecule has 0 saturated carbocycles. The molecule has 134 valence electrons. The molecule has 3 rings (SSSR count). The van der Waals surface area contributed by atoms with Gasteiger partial charge in [-0.05, 0) is 48.7 Å². The van der Waals surface area contributed by atoms with E-state index in [1.54, 1.807) is 0 Å². The van der Waals surface area contributed by atoms with Crippen LogP contribution in [0.25, 0.3) is 10.9 Å². The molecule has 3 aromatic rings. The van der Waals surface area contributed by atoms with Crippen molar-refractivity contribution >= 4 is 38.4 Å². The summed E-state index contributed by atoms with van der Waals surface area (Å²) in [7, 11) is 0. The van der Waals surface area contributed by atoms with Gasteiger partial charge >= 0.3 is 5.91 Å². The topological polar surface area (TPSA) is 87.0 Å². The average Bonchev–Trinajstić information content (AvgIpc) is 2.93. The maximum Gasteiger partial charge on any atom is 0.302 e. The third-order valence-corrected chi connectivity index (χ3v) is 4.84. The van der Waals surface area contributed by atoms with Crippen LogP contribution in [0.15, 0.2) is 51.1 Å². The third-order valence-electron chi connectivity index (χ3n) is 3.99. The Kier molecular flexibility index (Phi) is 5.37. The second-order valence-electron chi connectivity index (χ2n) is 5.85. The number of fused-ring (bicyclic) bond motifs is 1. The molecule has 26 heavy (non-hydrogen) atoms. The van der Waals surface area contributed by atoms with Crippen LogP contribution in [0.4, 0.5) is 5.69 Å². The molecule has 1 heterocycles. The standard InChI is InChI=1S/C19H18BrN3O3/c1-3-12-4-6-13(7-5-12)26-10-17(24)22-23-18-14-8-11(2)15(20)9-16(14)21-19(18)25/h4-9,21,25H,3,10H2,1-2H3. The minimum absolute atomic E-state index is 0.134. The van der Waals surface area contributed by atoms with Crippen molar-refractivity contribution in [2.75, 3.05) is 6.61 Å². The SMILES string of the molecule is CCc1ccc(OCC(=O)N=Nc2c(O)[nH]c3cc(Br)c(C)cc23)cc1. The van der Waals surface area contributed by atoms with Crippen LogP contribution in [0, 0.1) is 6.92 Å². The molecule has 0 unspecified atom stereocenters. The molecular formula is C19H18BrN3O3. The summed E-state index contributed by atoms with van der Waals surface area (Å²) < 4.78 is 6.32. The Balaban J connectivity index is 1.70. The first kappa shape index (κ1) is 18.1. The minimum Gasteiger partial charge on any atom is -0.493 e. The van der Waals surface area contributed by atoms with Crippen LogP contribution in [-0.2, 0) is 11.2 Å². The number of halogens is 1. The number of carbonyl (C=O) groups is 1. The zero-order valence-corrected chi connectivity index (χ0v) is 16.0. The molecule has 0 atom stereocenters. The number of aromatic amines is 1. The first-order chi connectivity index (χ1) is 12.5. The van der Waals surface area contributed by atoms with E-state index in [-0.39, 0.29) is 18.2 Å². The van der Waals surface area contributed by atoms with Gasteiger partial charge in [0.25, 0.3) is 0 Å². The van der Waals surface area contributed by atoms with Crippen molar-refractivity contribution in [2.24, 2.45) is 10.2 Å². The highest BCUT2D eigenvalue weighted by Gasteiger charge is 2.13. The summed E-state index contributed by atoms with van der Waals surface area (Å²) in [6, 6.07) is 11.2. The number of carbonyl (C=O) groups excluding carboxylic acids is 1. The fourth-order valence-corrected chi connectivity index (χ4v) is 2.84. The minimum atomic E-state index is -0.535. The summed E-state index contributed by atoms with van der Waals surface area (Å²) in [5, 5.41) is 18.3. The van der Waals surface area contributed by atoms with E-state index < -0.39 is 5.91 Å². The number of ether oxygens (including phenoxy) is 1. The summed E-state index contributed by atoms with van der Waals surface area (Å²) in [4.78, 5) is 14.7. The van der Waals surface area contributed by atoms with Gasteiger partial charge in [-0.2, -0.15) is 0 Å². The molecule has 0 fully saturated rings. The Morgan fingerprint density at radius 3 is 2.69 bits per heavy atom. The number of hydrogen-bond acceptors (Lipinski definition) is 4. The summed E-state index contributed by atoms with van der Waals surface area (Å²) in [5.74, 6) is -0.0709. The molecule has 0 aliphatic rings. The number of amides is 1. The molecule has 0 radical (unpaired) electrons. The Morgan fingerprint density at radius 2 is 2.00 bits per heavy atom. The van der Waals surface area contributed by atoms with Gasteiger partial charge in [0.2, 0.25) is 5.88 Å². The van der Waals surface area contributed by atoms with Gasteiger partial charge in [-0.25, -0.2) is 0 Å². The van der Waals surface area contributed by atoms with E-state index in [2.05, 4.69) is 38.1 Å². The van der Waals surface area contributed by atoms with Gasteiger partial charge in [-0.15, -0.1) is 10.2 Å². The third kappa shape index (κ3) is 3.94. The van der Waals surface area contributed by atoms with Crippen molar-refractivity contribution in [2.45, 2.75) is 20.3 Å². The lowest BCUT2D eigenvalue weighted by Crippen LogP contribution is -2.07. The van der Waals surface area contributed by atoms with Gasteiger partial charge in [0, 0.05) is 9.86 Å². The van der Waals surface area contributed by atoms with Gasteiger partial charge in [0.15, 0.2) is 12.3 Å². The summed E-state index contributed by atoms with van der Waals surface area (Å²) in [6.07, 6.45) is 0.942. The molecule has 6 nitrogen and oxygen atoms in total. The van der Waals surface area contributed by atoms with Crippen LogP contribution < -0.4 is 4.74 Å². The van der Waals surface area contributed by atoms with Gasteiger partial charge in [-0.3, -0.25) is 4.79 Å². The maximum atomic E-state index is 11.9. The molecular weight excluding hydrogens is 398 g/mol. The quantitative estimate of drug-likeness (QED) is 0.561. The Bertz CT molecular complexity index is 978. The van der Waals surface area contributed by atoms with Gasteiger partial charge in [-0.1, -0.05) is 35.0 Å². The first-order valence-electron chi connectivity index (χ1n) is 8.15. The molecule has 2 N–H and O–H groups in total. The first-order valence-corrected chi connectivity index (χ1v) is 8.94. The molecule has 2 aromatic carbocycles. The van der Waals surface area contributed by atoms with Crippen molar-refractivity contribution in [1.29, 1.82) is 0 Å². The highest BCUT2D eigenvalue weighted by molar-refractivity contribution is 9.10. The van der Waals surface area contributed by atoms with Gasteiger partial charge < -0.3 is 14.8 Å². The van der Waals surface area contributed by atoms with Crippen molar-refractivity contribution in [3.8, 4) is 11.6 Å². The summed E-state index contributed by atoms with van der Waals surface area (Å²) >= 11 is 3.44. The van der Waals surface area contributed by atoms with E-state index in [4.69, 9.17) is 4.74 Å². The fourth-order valence-electron chi connectivity index (χ4n) is 2.50. The van der Waals surface area contributed by atoms with E-state index in [1.807, 2.05) is 43.3 Å². The molecule has 1 amide bonds. The van der Waals surface area contributed by atoms with Crippen LogP contribution >= 0.6 is 15.9 Å². The normalized spacial score (nSPS) is 11.3. The fraction of sp³-hybridized carbons (Fsp3) is 0.211. The number of aromatic nitrogens is 1. The Hall–Kier alpha value is -2.67. The molecule has 0 spiro atoms. The van der Waals surface area contributed by atoms with E-state index in [1.165, 1.54) is 5.56 Å². The number of nitrogens with zero attached hydrogens (tertiary/aromatic N) is 2. The van der Waals surface area contributed by atoms with Crippen LogP contribution in [-0.4, -0.2) is 22.6 Å². The monoisotopic (exact) mass is 415 g/mol. The lowest BCUT2D eigenvalue weighted by Gasteiger charge is -2.03. The predicted octanol–water partition coefficient (Wildman–Crippen LogP) is 5.20. The Morgan fingerprint density at radius 1 is 1.27 bits per heavy atom. The predicted molar refractivity (Wildman–Crippen MR) is 103 cm³/mol. The Labute approximate surface area is 159 Å². The molecule has 1 aromatic heterocycles. The molecule has 0 aliphatic heterocycles. The largest absolute Gasteiger partial charge is 0.493 e. The van der Waals surface area contributed by atoms with Crippen LogP contribution in [0.2, 0.25) is 0 Å². The van der Waals surface area contributed by atoms with Crippen molar-refractivity contribution in [1.82, 2.24) is 4.98 Å². The molecule has 0 bridgehead atoms. The van der Waals surface area contributed by atoms with Crippen LogP contribution in [0.3, 0.4) is 0 Å². The number of H-pyrrole nitrogens is 1. The van der Waals surface area contributed by atoms with E-state index in [0.717, 1.165) is 16.5 Å². The number of aryl methyl sites for hydroxylation is 2. The maximum absolute atomic E-state index is 11.9. The highest BCUT2D eigenvalue weighted by Crippen LogP contribution is 2.37. The van der Waals surface area contributed by atoms with Crippen LogP contribution in [0.1, 0.15) is 18.1 Å². The van der Waals surface area contributed by atoms with Gasteiger partial charge in [0.1, 0.15) is 5.75 Å². The number of benzene rings is 2. The number of nitrogens with one attached hydrogen (secondary N) is 1. The molecule has 0 saturated heterocycles. The second-order valence-corrected chi connectivity index (χ2v) is 6.70. The lowest BCUT2D eigenvalue weighted by atomic mass is 10.1. The van der Waals surface area contributed by atoms with Crippen molar-refractivity contribution in [3.63, 3.8) is 0 Å². The molecule has 0 aliphatic carbocycles. The zero-order chi connectivity index (χ0) is 18.7. The number of rotatable bonds is 5. The smallest absolute Gasteiger partial charge is 0.302 e. The number of aromatic hydroxyl groups is 1. The van der Waals surface area contributed by atoms with Crippen molar-refractivity contribution in [3.05, 3.63) is 52.0 Å². The lowest BCUT2D eigenvalue weighted by molar-refractivity contribution is -0.120. The van der Waals surface area contributed by atoms with E-state index in [0.29, 0.717) is 16.7 Å². The zero-order valence-electron chi connectivity index (χ0n) is 14.4. The number of hydrogen-bond donors (Lipinski definition) is 2. The molecule has 7 heteroatoms. The van der Waals surface area contributed by atoms with Gasteiger partial charge in [0.05, 0.1) is 5.52 Å². The summed E-state index contributed by atoms with van der Waals surface area (Å²) in [5.41, 5.74) is 3.11. The van der Waals surface area contributed by atoms with E-state index >= 15 is 0 Å².